The van der Waals surface area contributed by atoms with Gasteiger partial charge in [0, 0.05) is 32.7 Å². The molecule has 0 atom stereocenters. The van der Waals surface area contributed by atoms with Gasteiger partial charge in [-0.25, -0.2) is 0 Å². The molecule has 1 fully saturated rings. The lowest BCUT2D eigenvalue weighted by molar-refractivity contribution is 0.0177. The number of nitrogens with zero attached hydrogens (tertiary/aromatic N) is 2. The van der Waals surface area contributed by atoms with Gasteiger partial charge in [0.05, 0.1) is 10.6 Å². The molecule has 5 heteroatoms. The van der Waals surface area contributed by atoms with Crippen molar-refractivity contribution in [1.29, 1.82) is 0 Å². The highest BCUT2D eigenvalue weighted by molar-refractivity contribution is 7.80. The van der Waals surface area contributed by atoms with Gasteiger partial charge in [-0.3, -0.25) is 4.90 Å². The molecule has 0 radical (unpaired) electrons. The van der Waals surface area contributed by atoms with E-state index >= 15 is 0 Å². The normalized spacial score (nSPS) is 19.5. The fourth-order valence-electron chi connectivity index (χ4n) is 2.20. The predicted molar refractivity (Wildman–Crippen MR) is 75.2 cm³/mol. The minimum Gasteiger partial charge on any atom is -0.393 e. The van der Waals surface area contributed by atoms with Gasteiger partial charge in [0.1, 0.15) is 0 Å². The van der Waals surface area contributed by atoms with Crippen LogP contribution in [0.25, 0.3) is 0 Å². The summed E-state index contributed by atoms with van der Waals surface area (Å²) in [6.45, 7) is 9.79. The molecule has 1 saturated heterocycles. The molecule has 0 unspecified atom stereocenters. The predicted octanol–water partition coefficient (Wildman–Crippen LogP) is 0.441. The number of piperazine rings is 1. The Kier molecular flexibility index (Phi) is 5.79. The Balaban J connectivity index is 2.15. The fraction of sp³-hybridized carbons (Fsp3) is 0.917. The summed E-state index contributed by atoms with van der Waals surface area (Å²) in [5, 5.41) is 9.75. The van der Waals surface area contributed by atoms with Crippen molar-refractivity contribution >= 4 is 17.2 Å². The van der Waals surface area contributed by atoms with Crippen LogP contribution in [0.5, 0.6) is 0 Å². The number of aliphatic hydroxyl groups is 1. The van der Waals surface area contributed by atoms with Crippen LogP contribution in [0, 0.1) is 0 Å². The molecule has 0 aromatic carbocycles. The summed E-state index contributed by atoms with van der Waals surface area (Å²) >= 11 is 4.86. The molecule has 17 heavy (non-hydrogen) atoms. The second-order valence-corrected chi connectivity index (χ2v) is 6.02. The number of β-amino-alcohol motifs (C(OH)–C–C–N with tert-alkyl or cyclic N) is 1. The molecule has 0 saturated carbocycles. The van der Waals surface area contributed by atoms with E-state index in [-0.39, 0.29) is 0 Å². The molecule has 0 spiro atoms. The first-order chi connectivity index (χ1) is 7.87. The van der Waals surface area contributed by atoms with Crippen LogP contribution in [0.4, 0.5) is 0 Å². The first kappa shape index (κ1) is 14.8. The zero-order chi connectivity index (χ0) is 12.9. The molecule has 100 valence electrons. The lowest BCUT2D eigenvalue weighted by atomic mass is 10.1. The highest BCUT2D eigenvalue weighted by atomic mass is 32.1. The van der Waals surface area contributed by atoms with Crippen LogP contribution in [-0.4, -0.2) is 64.8 Å². The molecule has 1 aliphatic rings. The van der Waals surface area contributed by atoms with Crippen LogP contribution in [0.15, 0.2) is 0 Å². The standard InChI is InChI=1S/C12H25N3OS/c1-12(2,16)10-15-8-6-14(7-9-15)5-3-4-11(13)17/h16H,3-10H2,1-2H3,(H2,13,17). The Morgan fingerprint density at radius 1 is 1.24 bits per heavy atom. The average Bonchev–Trinajstić information content (AvgIpc) is 2.18. The third-order valence-corrected chi connectivity index (χ3v) is 3.18. The van der Waals surface area contributed by atoms with E-state index in [9.17, 15) is 5.11 Å². The summed E-state index contributed by atoms with van der Waals surface area (Å²) in [5.74, 6) is 0. The molecule has 1 aliphatic heterocycles. The summed E-state index contributed by atoms with van der Waals surface area (Å²) in [7, 11) is 0. The van der Waals surface area contributed by atoms with E-state index in [0.29, 0.717) is 4.99 Å². The third-order valence-electron chi connectivity index (χ3n) is 2.97. The van der Waals surface area contributed by atoms with Crippen LogP contribution >= 0.6 is 12.2 Å². The van der Waals surface area contributed by atoms with Crippen molar-refractivity contribution in [3.8, 4) is 0 Å². The zero-order valence-corrected chi connectivity index (χ0v) is 11.8. The minimum absolute atomic E-state index is 0.589. The van der Waals surface area contributed by atoms with Crippen molar-refractivity contribution in [1.82, 2.24) is 9.80 Å². The maximum atomic E-state index is 9.75. The monoisotopic (exact) mass is 259 g/mol. The van der Waals surface area contributed by atoms with E-state index in [1.807, 2.05) is 13.8 Å². The van der Waals surface area contributed by atoms with Gasteiger partial charge >= 0.3 is 0 Å². The maximum Gasteiger partial charge on any atom is 0.0727 e. The van der Waals surface area contributed by atoms with Crippen LogP contribution in [0.1, 0.15) is 26.7 Å². The number of hydrogen-bond donors (Lipinski definition) is 2. The molecular formula is C12H25N3OS. The van der Waals surface area contributed by atoms with Gasteiger partial charge in [0.2, 0.25) is 0 Å². The van der Waals surface area contributed by atoms with E-state index in [1.54, 1.807) is 0 Å². The minimum atomic E-state index is -0.589. The summed E-state index contributed by atoms with van der Waals surface area (Å²) in [5.41, 5.74) is 4.89. The van der Waals surface area contributed by atoms with Gasteiger partial charge in [0.15, 0.2) is 0 Å². The van der Waals surface area contributed by atoms with E-state index in [4.69, 9.17) is 18.0 Å². The van der Waals surface area contributed by atoms with Crippen molar-refractivity contribution in [2.24, 2.45) is 5.73 Å². The molecule has 0 bridgehead atoms. The number of nitrogens with two attached hydrogens (primary N) is 1. The lowest BCUT2D eigenvalue weighted by Gasteiger charge is -2.37. The summed E-state index contributed by atoms with van der Waals surface area (Å²) in [6.07, 6.45) is 1.90. The molecule has 0 aromatic rings. The van der Waals surface area contributed by atoms with Crippen molar-refractivity contribution < 1.29 is 5.11 Å². The molecule has 1 rings (SSSR count). The average molecular weight is 259 g/mol. The lowest BCUT2D eigenvalue weighted by Crippen LogP contribution is -2.50. The van der Waals surface area contributed by atoms with Crippen molar-refractivity contribution in [2.75, 3.05) is 39.3 Å². The Morgan fingerprint density at radius 3 is 2.24 bits per heavy atom. The fourth-order valence-corrected chi connectivity index (χ4v) is 2.34. The largest absolute Gasteiger partial charge is 0.393 e. The summed E-state index contributed by atoms with van der Waals surface area (Å²) < 4.78 is 0. The third kappa shape index (κ3) is 6.93. The van der Waals surface area contributed by atoms with Gasteiger partial charge in [-0.1, -0.05) is 12.2 Å². The van der Waals surface area contributed by atoms with E-state index < -0.39 is 5.60 Å². The van der Waals surface area contributed by atoms with Crippen LogP contribution < -0.4 is 5.73 Å². The zero-order valence-electron chi connectivity index (χ0n) is 11.0. The maximum absolute atomic E-state index is 9.75. The topological polar surface area (TPSA) is 52.7 Å². The van der Waals surface area contributed by atoms with Gasteiger partial charge in [0.25, 0.3) is 0 Å². The molecular weight excluding hydrogens is 234 g/mol. The number of hydrogen-bond acceptors (Lipinski definition) is 4. The number of rotatable bonds is 6. The second-order valence-electron chi connectivity index (χ2n) is 5.50. The Morgan fingerprint density at radius 2 is 1.76 bits per heavy atom. The number of thiocarbonyl (C=S) groups is 1. The molecule has 0 aliphatic carbocycles. The molecule has 3 N–H and O–H groups in total. The van der Waals surface area contributed by atoms with Crippen molar-refractivity contribution in [3.05, 3.63) is 0 Å². The van der Waals surface area contributed by atoms with Gasteiger partial charge in [-0.15, -0.1) is 0 Å². The highest BCUT2D eigenvalue weighted by Crippen LogP contribution is 2.09. The van der Waals surface area contributed by atoms with Gasteiger partial charge in [-0.05, 0) is 33.2 Å². The first-order valence-electron chi connectivity index (χ1n) is 6.32. The SMILES string of the molecule is CC(C)(O)CN1CCN(CCCC(N)=S)CC1. The van der Waals surface area contributed by atoms with Gasteiger partial charge < -0.3 is 15.7 Å². The second kappa shape index (κ2) is 6.64. The van der Waals surface area contributed by atoms with Crippen molar-refractivity contribution in [2.45, 2.75) is 32.3 Å². The van der Waals surface area contributed by atoms with E-state index in [2.05, 4.69) is 9.80 Å². The first-order valence-corrected chi connectivity index (χ1v) is 6.73. The summed E-state index contributed by atoms with van der Waals surface area (Å²) in [6, 6.07) is 0. The van der Waals surface area contributed by atoms with Crippen LogP contribution in [0.2, 0.25) is 0 Å². The van der Waals surface area contributed by atoms with Crippen LogP contribution in [-0.2, 0) is 0 Å². The Labute approximate surface area is 110 Å². The Hall–Kier alpha value is -0.230. The molecule has 0 amide bonds. The molecule has 1 heterocycles. The molecule has 4 nitrogen and oxygen atoms in total. The summed E-state index contributed by atoms with van der Waals surface area (Å²) in [4.78, 5) is 5.38. The van der Waals surface area contributed by atoms with E-state index in [1.165, 1.54) is 0 Å². The molecule has 0 aromatic heterocycles. The van der Waals surface area contributed by atoms with Crippen LogP contribution in [0.3, 0.4) is 0 Å². The Bertz CT molecular complexity index is 245. The van der Waals surface area contributed by atoms with Gasteiger partial charge in [-0.2, -0.15) is 0 Å². The smallest absolute Gasteiger partial charge is 0.0727 e. The highest BCUT2D eigenvalue weighted by Gasteiger charge is 2.22. The van der Waals surface area contributed by atoms with Crippen molar-refractivity contribution in [3.63, 3.8) is 0 Å². The van der Waals surface area contributed by atoms with E-state index in [0.717, 1.165) is 52.1 Å². The quantitative estimate of drug-likeness (QED) is 0.678.